The minimum Gasteiger partial charge on any atom is -0.497 e. The number of aliphatic carboxylic acids is 1. The monoisotopic (exact) mass is 371 g/mol. The molecule has 0 saturated carbocycles. The zero-order valence-electron chi connectivity index (χ0n) is 15.1. The number of rotatable bonds is 6. The van der Waals surface area contributed by atoms with Crippen LogP contribution in [0.15, 0.2) is 42.5 Å². The minimum atomic E-state index is -1.03. The van der Waals surface area contributed by atoms with Gasteiger partial charge in [0.05, 0.1) is 25.5 Å². The number of carbonyl (C=O) groups excluding carboxylic acids is 1. The lowest BCUT2D eigenvalue weighted by Gasteiger charge is -2.27. The van der Waals surface area contributed by atoms with E-state index in [-0.39, 0.29) is 18.2 Å². The smallest absolute Gasteiger partial charge is 0.305 e. The molecule has 0 radical (unpaired) electrons. The second kappa shape index (κ2) is 8.20. The summed E-state index contributed by atoms with van der Waals surface area (Å²) < 4.78 is 18.5. The molecule has 0 heterocycles. The Labute approximate surface area is 157 Å². The second-order valence-electron chi connectivity index (χ2n) is 6.72. The molecule has 0 saturated heterocycles. The topological polar surface area (TPSA) is 75.6 Å². The Morgan fingerprint density at radius 2 is 2.00 bits per heavy atom. The summed E-state index contributed by atoms with van der Waals surface area (Å²) in [6.07, 6.45) is 2.21. The highest BCUT2D eigenvalue weighted by Gasteiger charge is 2.29. The SMILES string of the molecule is COc1ccc2c(c1)C(C(=O)NC(CC(=O)O)c1ccc(F)cc1)CCC2. The van der Waals surface area contributed by atoms with Gasteiger partial charge in [0, 0.05) is 0 Å². The highest BCUT2D eigenvalue weighted by molar-refractivity contribution is 5.85. The largest absolute Gasteiger partial charge is 0.497 e. The zero-order chi connectivity index (χ0) is 19.4. The fraction of sp³-hybridized carbons (Fsp3) is 0.333. The summed E-state index contributed by atoms with van der Waals surface area (Å²) in [5, 5.41) is 12.1. The van der Waals surface area contributed by atoms with E-state index in [1.165, 1.54) is 24.3 Å². The van der Waals surface area contributed by atoms with Crippen molar-refractivity contribution in [3.8, 4) is 5.75 Å². The summed E-state index contributed by atoms with van der Waals surface area (Å²) in [7, 11) is 1.58. The molecule has 2 aromatic rings. The van der Waals surface area contributed by atoms with Crippen LogP contribution in [0.2, 0.25) is 0 Å². The van der Waals surface area contributed by atoms with E-state index in [0.717, 1.165) is 24.0 Å². The van der Waals surface area contributed by atoms with Crippen LogP contribution >= 0.6 is 0 Å². The van der Waals surface area contributed by atoms with Gasteiger partial charge in [0.1, 0.15) is 11.6 Å². The molecule has 1 amide bonds. The maximum absolute atomic E-state index is 13.2. The molecule has 0 fully saturated rings. The highest BCUT2D eigenvalue weighted by atomic mass is 19.1. The van der Waals surface area contributed by atoms with Gasteiger partial charge in [0.25, 0.3) is 0 Å². The first-order valence-electron chi connectivity index (χ1n) is 8.92. The van der Waals surface area contributed by atoms with E-state index in [1.54, 1.807) is 7.11 Å². The molecule has 2 aromatic carbocycles. The van der Waals surface area contributed by atoms with E-state index in [4.69, 9.17) is 4.74 Å². The van der Waals surface area contributed by atoms with Crippen LogP contribution in [-0.4, -0.2) is 24.1 Å². The first-order chi connectivity index (χ1) is 13.0. The van der Waals surface area contributed by atoms with Crippen LogP contribution in [-0.2, 0) is 16.0 Å². The fourth-order valence-corrected chi connectivity index (χ4v) is 3.57. The maximum Gasteiger partial charge on any atom is 0.305 e. The molecule has 3 rings (SSSR count). The van der Waals surface area contributed by atoms with E-state index in [0.29, 0.717) is 17.7 Å². The van der Waals surface area contributed by atoms with Gasteiger partial charge in [-0.3, -0.25) is 9.59 Å². The predicted octanol–water partition coefficient (Wildman–Crippen LogP) is 3.59. The van der Waals surface area contributed by atoms with Gasteiger partial charge in [0.2, 0.25) is 5.91 Å². The quantitative estimate of drug-likeness (QED) is 0.814. The summed E-state index contributed by atoms with van der Waals surface area (Å²) in [4.78, 5) is 24.2. The maximum atomic E-state index is 13.2. The Kier molecular flexibility index (Phi) is 5.74. The second-order valence-corrected chi connectivity index (χ2v) is 6.72. The number of carboxylic acids is 1. The van der Waals surface area contributed by atoms with Crippen molar-refractivity contribution in [1.29, 1.82) is 0 Å². The summed E-state index contributed by atoms with van der Waals surface area (Å²) in [5.41, 5.74) is 2.60. The first-order valence-corrected chi connectivity index (χ1v) is 8.92. The number of nitrogens with one attached hydrogen (secondary N) is 1. The molecule has 6 heteroatoms. The first kappa shape index (κ1) is 18.9. The number of methoxy groups -OCH3 is 1. The van der Waals surface area contributed by atoms with Crippen LogP contribution in [0.3, 0.4) is 0 Å². The number of halogens is 1. The number of carboxylic acid groups (broad SMARTS) is 1. The molecule has 1 aliphatic rings. The van der Waals surface area contributed by atoms with E-state index >= 15 is 0 Å². The molecule has 1 aliphatic carbocycles. The van der Waals surface area contributed by atoms with E-state index < -0.39 is 17.8 Å². The molecule has 142 valence electrons. The molecular formula is C21H22FNO4. The predicted molar refractivity (Wildman–Crippen MR) is 98.2 cm³/mol. The van der Waals surface area contributed by atoms with Crippen LogP contribution in [0.4, 0.5) is 4.39 Å². The van der Waals surface area contributed by atoms with Crippen molar-refractivity contribution >= 4 is 11.9 Å². The van der Waals surface area contributed by atoms with Crippen molar-refractivity contribution in [2.24, 2.45) is 0 Å². The van der Waals surface area contributed by atoms with Crippen LogP contribution in [0, 0.1) is 5.82 Å². The van der Waals surface area contributed by atoms with E-state index in [9.17, 15) is 19.1 Å². The van der Waals surface area contributed by atoms with Crippen molar-refractivity contribution in [1.82, 2.24) is 5.32 Å². The Hall–Kier alpha value is -2.89. The van der Waals surface area contributed by atoms with Crippen molar-refractivity contribution < 1.29 is 23.8 Å². The third-order valence-electron chi connectivity index (χ3n) is 4.95. The van der Waals surface area contributed by atoms with Crippen molar-refractivity contribution in [3.05, 3.63) is 65.0 Å². The van der Waals surface area contributed by atoms with Crippen molar-refractivity contribution in [2.45, 2.75) is 37.6 Å². The highest BCUT2D eigenvalue weighted by Crippen LogP contribution is 2.35. The van der Waals surface area contributed by atoms with Crippen molar-refractivity contribution in [3.63, 3.8) is 0 Å². The van der Waals surface area contributed by atoms with Gasteiger partial charge in [0.15, 0.2) is 0 Å². The lowest BCUT2D eigenvalue weighted by Crippen LogP contribution is -2.35. The zero-order valence-corrected chi connectivity index (χ0v) is 15.1. The average Bonchev–Trinajstić information content (AvgIpc) is 2.66. The summed E-state index contributed by atoms with van der Waals surface area (Å²) in [6, 6.07) is 10.5. The number of hydrogen-bond acceptors (Lipinski definition) is 3. The molecule has 0 spiro atoms. The van der Waals surface area contributed by atoms with E-state index in [1.807, 2.05) is 18.2 Å². The Bertz CT molecular complexity index is 835. The number of aryl methyl sites for hydroxylation is 1. The van der Waals surface area contributed by atoms with Crippen molar-refractivity contribution in [2.75, 3.05) is 7.11 Å². The third kappa shape index (κ3) is 4.45. The Balaban J connectivity index is 1.84. The normalized spacial score (nSPS) is 16.9. The Morgan fingerprint density at radius 3 is 2.67 bits per heavy atom. The molecule has 2 unspecified atom stereocenters. The molecule has 2 atom stereocenters. The molecular weight excluding hydrogens is 349 g/mol. The summed E-state index contributed by atoms with van der Waals surface area (Å²) in [6.45, 7) is 0. The number of hydrogen-bond donors (Lipinski definition) is 2. The number of carbonyl (C=O) groups is 2. The van der Waals surface area contributed by atoms with Crippen LogP contribution in [0.5, 0.6) is 5.75 Å². The summed E-state index contributed by atoms with van der Waals surface area (Å²) >= 11 is 0. The number of ether oxygens (including phenoxy) is 1. The molecule has 0 bridgehead atoms. The lowest BCUT2D eigenvalue weighted by molar-refractivity contribution is -0.137. The minimum absolute atomic E-state index is 0.222. The standard InChI is InChI=1S/C21H22FNO4/c1-27-16-10-7-13-3-2-4-17(18(13)11-16)21(26)23-19(12-20(24)25)14-5-8-15(22)9-6-14/h5-11,17,19H,2-4,12H2,1H3,(H,23,26)(H,24,25). The van der Waals surface area contributed by atoms with Gasteiger partial charge in [-0.2, -0.15) is 0 Å². The van der Waals surface area contributed by atoms with Crippen LogP contribution < -0.4 is 10.1 Å². The third-order valence-corrected chi connectivity index (χ3v) is 4.95. The van der Waals surface area contributed by atoms with Crippen LogP contribution in [0.25, 0.3) is 0 Å². The molecule has 0 aliphatic heterocycles. The molecule has 5 nitrogen and oxygen atoms in total. The summed E-state index contributed by atoms with van der Waals surface area (Å²) in [5.74, 6) is -1.34. The van der Waals surface area contributed by atoms with E-state index in [2.05, 4.69) is 5.32 Å². The fourth-order valence-electron chi connectivity index (χ4n) is 3.57. The molecule has 0 aromatic heterocycles. The average molecular weight is 371 g/mol. The molecule has 2 N–H and O–H groups in total. The van der Waals surface area contributed by atoms with Gasteiger partial charge in [-0.15, -0.1) is 0 Å². The molecule has 27 heavy (non-hydrogen) atoms. The van der Waals surface area contributed by atoms with Crippen LogP contribution in [0.1, 0.15) is 47.9 Å². The lowest BCUT2D eigenvalue weighted by atomic mass is 9.82. The number of benzene rings is 2. The van der Waals surface area contributed by atoms with Gasteiger partial charge in [-0.25, -0.2) is 4.39 Å². The number of fused-ring (bicyclic) bond motifs is 1. The number of amides is 1. The van der Waals surface area contributed by atoms with Gasteiger partial charge < -0.3 is 15.2 Å². The van der Waals surface area contributed by atoms with Gasteiger partial charge in [-0.1, -0.05) is 18.2 Å². The Morgan fingerprint density at radius 1 is 1.26 bits per heavy atom. The van der Waals surface area contributed by atoms with Gasteiger partial charge in [-0.05, 0) is 60.2 Å². The van der Waals surface area contributed by atoms with Gasteiger partial charge >= 0.3 is 5.97 Å².